The van der Waals surface area contributed by atoms with E-state index >= 15 is 0 Å². The number of nitrogens with zero attached hydrogens (tertiary/aromatic N) is 1. The highest BCUT2D eigenvalue weighted by atomic mass is 35.5. The van der Waals surface area contributed by atoms with E-state index in [9.17, 15) is 4.79 Å². The average Bonchev–Trinajstić information content (AvgIpc) is 3.18. The molecular weight excluding hydrogens is 400 g/mol. The molecule has 1 amide bonds. The van der Waals surface area contributed by atoms with Gasteiger partial charge in [-0.2, -0.15) is 5.10 Å². The van der Waals surface area contributed by atoms with Crippen LogP contribution in [0.1, 0.15) is 36.4 Å². The second-order valence-corrected chi connectivity index (χ2v) is 7.46. The summed E-state index contributed by atoms with van der Waals surface area (Å²) in [6, 6.07) is 18.8. The lowest BCUT2D eigenvalue weighted by Crippen LogP contribution is -2.17. The van der Waals surface area contributed by atoms with Crippen LogP contribution in [-0.4, -0.2) is 18.2 Å². The number of fused-ring (bicyclic) bond motifs is 2. The second kappa shape index (κ2) is 8.59. The molecule has 0 fully saturated rings. The van der Waals surface area contributed by atoms with Gasteiger partial charge in [-0.15, -0.1) is 0 Å². The van der Waals surface area contributed by atoms with Gasteiger partial charge in [0.1, 0.15) is 11.3 Å². The van der Waals surface area contributed by atoms with Gasteiger partial charge in [0, 0.05) is 16.0 Å². The molecule has 3 aromatic carbocycles. The van der Waals surface area contributed by atoms with Crippen LogP contribution in [-0.2, 0) is 0 Å². The summed E-state index contributed by atoms with van der Waals surface area (Å²) in [7, 11) is 0. The van der Waals surface area contributed by atoms with Gasteiger partial charge in [-0.25, -0.2) is 5.43 Å². The maximum atomic E-state index is 12.5. The predicted molar refractivity (Wildman–Crippen MR) is 121 cm³/mol. The van der Waals surface area contributed by atoms with Crippen molar-refractivity contribution in [2.24, 2.45) is 5.10 Å². The van der Waals surface area contributed by atoms with Gasteiger partial charge in [0.15, 0.2) is 5.76 Å². The zero-order chi connectivity index (χ0) is 21.1. The minimum absolute atomic E-state index is 0.0651. The number of nitrogens with one attached hydrogen (secondary N) is 1. The summed E-state index contributed by atoms with van der Waals surface area (Å²) < 4.78 is 11.6. The third kappa shape index (κ3) is 4.16. The van der Waals surface area contributed by atoms with Gasteiger partial charge in [-0.05, 0) is 54.4 Å². The van der Waals surface area contributed by atoms with Gasteiger partial charge in [0.25, 0.3) is 0 Å². The fraction of sp³-hybridized carbons (Fsp3) is 0.167. The molecule has 152 valence electrons. The molecule has 1 atom stereocenters. The van der Waals surface area contributed by atoms with Crippen molar-refractivity contribution < 1.29 is 13.9 Å². The van der Waals surface area contributed by atoms with Crippen LogP contribution in [0.5, 0.6) is 5.75 Å². The fourth-order valence-corrected chi connectivity index (χ4v) is 3.33. The number of amides is 1. The summed E-state index contributed by atoms with van der Waals surface area (Å²) in [5.41, 5.74) is 3.93. The van der Waals surface area contributed by atoms with Crippen molar-refractivity contribution in [2.75, 3.05) is 0 Å². The molecule has 0 bridgehead atoms. The zero-order valence-corrected chi connectivity index (χ0v) is 17.4. The number of carbonyl (C=O) groups excluding carboxylic acids is 1. The van der Waals surface area contributed by atoms with E-state index in [1.165, 1.54) is 0 Å². The molecule has 0 saturated heterocycles. The van der Waals surface area contributed by atoms with Crippen molar-refractivity contribution in [3.05, 3.63) is 77.0 Å². The number of carbonyl (C=O) groups is 1. The highest BCUT2D eigenvalue weighted by molar-refractivity contribution is 6.31. The Kier molecular flexibility index (Phi) is 5.72. The van der Waals surface area contributed by atoms with E-state index in [2.05, 4.69) is 17.5 Å². The van der Waals surface area contributed by atoms with Gasteiger partial charge in [-0.3, -0.25) is 4.79 Å². The van der Waals surface area contributed by atoms with E-state index in [1.54, 1.807) is 30.5 Å². The molecule has 0 unspecified atom stereocenters. The number of furan rings is 1. The van der Waals surface area contributed by atoms with Crippen molar-refractivity contribution in [3.8, 4) is 5.75 Å². The third-order valence-electron chi connectivity index (χ3n) is 4.90. The van der Waals surface area contributed by atoms with Crippen LogP contribution in [0, 0.1) is 0 Å². The van der Waals surface area contributed by atoms with Crippen molar-refractivity contribution >= 4 is 45.5 Å². The second-order valence-electron chi connectivity index (χ2n) is 7.03. The molecule has 1 heterocycles. The standard InChI is InChI=1S/C24H21ClN2O3/c1-3-15(2)29-22-10-8-16-6-4-5-7-19(16)20(22)14-26-27-24(28)23-13-17-12-18(25)9-11-21(17)30-23/h4-15H,3H2,1-2H3,(H,27,28)/b26-14+/t15-/m0/s1. The Balaban J connectivity index is 1.60. The number of ether oxygens (including phenoxy) is 1. The summed E-state index contributed by atoms with van der Waals surface area (Å²) in [6.07, 6.45) is 2.56. The fourth-order valence-electron chi connectivity index (χ4n) is 3.15. The first-order chi connectivity index (χ1) is 14.5. The van der Waals surface area contributed by atoms with Gasteiger partial charge < -0.3 is 9.15 Å². The van der Waals surface area contributed by atoms with Crippen LogP contribution in [0.4, 0.5) is 0 Å². The van der Waals surface area contributed by atoms with Crippen molar-refractivity contribution in [1.82, 2.24) is 5.43 Å². The minimum Gasteiger partial charge on any atom is -0.490 e. The number of benzene rings is 3. The van der Waals surface area contributed by atoms with Crippen LogP contribution < -0.4 is 10.2 Å². The van der Waals surface area contributed by atoms with Gasteiger partial charge in [0.05, 0.1) is 12.3 Å². The lowest BCUT2D eigenvalue weighted by molar-refractivity contribution is 0.0929. The number of rotatable bonds is 6. The summed E-state index contributed by atoms with van der Waals surface area (Å²) in [6.45, 7) is 4.09. The van der Waals surface area contributed by atoms with Crippen molar-refractivity contribution in [1.29, 1.82) is 0 Å². The van der Waals surface area contributed by atoms with Crippen LogP contribution >= 0.6 is 11.6 Å². The maximum absolute atomic E-state index is 12.5. The molecule has 0 saturated carbocycles. The summed E-state index contributed by atoms with van der Waals surface area (Å²) in [5, 5.41) is 7.56. The van der Waals surface area contributed by atoms with Gasteiger partial charge in [-0.1, -0.05) is 48.9 Å². The molecule has 1 N–H and O–H groups in total. The Hall–Kier alpha value is -3.31. The normalized spacial score (nSPS) is 12.5. The van der Waals surface area contributed by atoms with Crippen LogP contribution in [0.3, 0.4) is 0 Å². The van der Waals surface area contributed by atoms with E-state index in [0.717, 1.165) is 33.9 Å². The van der Waals surface area contributed by atoms with Crippen molar-refractivity contribution in [3.63, 3.8) is 0 Å². The Morgan fingerprint density at radius 2 is 2.00 bits per heavy atom. The molecule has 4 aromatic rings. The predicted octanol–water partition coefficient (Wildman–Crippen LogP) is 6.18. The van der Waals surface area contributed by atoms with E-state index in [4.69, 9.17) is 20.8 Å². The highest BCUT2D eigenvalue weighted by Gasteiger charge is 2.13. The van der Waals surface area contributed by atoms with Crippen LogP contribution in [0.25, 0.3) is 21.7 Å². The smallest absolute Gasteiger partial charge is 0.307 e. The lowest BCUT2D eigenvalue weighted by Gasteiger charge is -2.16. The Bertz CT molecular complexity index is 1250. The molecule has 6 heteroatoms. The number of hydrogen-bond acceptors (Lipinski definition) is 4. The molecule has 0 radical (unpaired) electrons. The first-order valence-corrected chi connectivity index (χ1v) is 10.1. The lowest BCUT2D eigenvalue weighted by atomic mass is 10.0. The minimum atomic E-state index is -0.441. The van der Waals surface area contributed by atoms with E-state index in [-0.39, 0.29) is 11.9 Å². The first-order valence-electron chi connectivity index (χ1n) is 9.76. The molecule has 0 aliphatic rings. The Labute approximate surface area is 179 Å². The van der Waals surface area contributed by atoms with E-state index < -0.39 is 5.91 Å². The number of hydrogen-bond donors (Lipinski definition) is 1. The van der Waals surface area contributed by atoms with Crippen LogP contribution in [0.15, 0.2) is 70.2 Å². The summed E-state index contributed by atoms with van der Waals surface area (Å²) in [4.78, 5) is 12.5. The van der Waals surface area contributed by atoms with Gasteiger partial charge in [0.2, 0.25) is 0 Å². The SMILES string of the molecule is CC[C@H](C)Oc1ccc2ccccc2c1/C=N/NC(=O)c1cc2cc(Cl)ccc2o1. The summed E-state index contributed by atoms with van der Waals surface area (Å²) >= 11 is 5.99. The number of hydrazone groups is 1. The van der Waals surface area contributed by atoms with Crippen molar-refractivity contribution in [2.45, 2.75) is 26.4 Å². The van der Waals surface area contributed by atoms with Crippen LogP contribution in [0.2, 0.25) is 5.02 Å². The molecule has 0 aliphatic heterocycles. The number of halogens is 1. The quantitative estimate of drug-likeness (QED) is 0.299. The highest BCUT2D eigenvalue weighted by Crippen LogP contribution is 2.28. The topological polar surface area (TPSA) is 63.8 Å². The molecule has 5 nitrogen and oxygen atoms in total. The molecule has 4 rings (SSSR count). The van der Waals surface area contributed by atoms with E-state index in [1.807, 2.05) is 43.3 Å². The Morgan fingerprint density at radius 1 is 1.17 bits per heavy atom. The molecule has 1 aromatic heterocycles. The summed E-state index contributed by atoms with van der Waals surface area (Å²) in [5.74, 6) is 0.445. The monoisotopic (exact) mass is 420 g/mol. The first kappa shape index (κ1) is 20.0. The maximum Gasteiger partial charge on any atom is 0.307 e. The molecule has 0 aliphatic carbocycles. The molecule has 0 spiro atoms. The third-order valence-corrected chi connectivity index (χ3v) is 5.13. The molecule has 30 heavy (non-hydrogen) atoms. The Morgan fingerprint density at radius 3 is 2.83 bits per heavy atom. The molecular formula is C24H21ClN2O3. The van der Waals surface area contributed by atoms with E-state index in [0.29, 0.717) is 10.6 Å². The largest absolute Gasteiger partial charge is 0.490 e. The van der Waals surface area contributed by atoms with Gasteiger partial charge >= 0.3 is 5.91 Å². The zero-order valence-electron chi connectivity index (χ0n) is 16.7. The average molecular weight is 421 g/mol.